The highest BCUT2D eigenvalue weighted by Crippen LogP contribution is 2.14. The van der Waals surface area contributed by atoms with Crippen LogP contribution in [0.2, 0.25) is 0 Å². The summed E-state index contributed by atoms with van der Waals surface area (Å²) < 4.78 is 19.2. The van der Waals surface area contributed by atoms with Crippen molar-refractivity contribution in [3.8, 4) is 0 Å². The topological polar surface area (TPSA) is 35.2 Å². The molecule has 0 bridgehead atoms. The lowest BCUT2D eigenvalue weighted by molar-refractivity contribution is 0.112. The molecule has 2 N–H and O–H groups in total. The first-order valence-corrected chi connectivity index (χ1v) is 6.19. The third kappa shape index (κ3) is 4.84. The number of ether oxygens (including phenoxy) is 1. The molecule has 2 nitrogen and oxygen atoms in total. The summed E-state index contributed by atoms with van der Waals surface area (Å²) in [6.07, 6.45) is 2.17. The molecule has 0 radical (unpaired) electrons. The van der Waals surface area contributed by atoms with Gasteiger partial charge in [-0.1, -0.05) is 32.0 Å². The van der Waals surface area contributed by atoms with Crippen molar-refractivity contribution in [3.63, 3.8) is 0 Å². The van der Waals surface area contributed by atoms with E-state index in [0.29, 0.717) is 30.3 Å². The van der Waals surface area contributed by atoms with Gasteiger partial charge in [-0.25, -0.2) is 4.39 Å². The lowest BCUT2D eigenvalue weighted by Gasteiger charge is -2.08. The van der Waals surface area contributed by atoms with Gasteiger partial charge in [-0.15, -0.1) is 0 Å². The van der Waals surface area contributed by atoms with Gasteiger partial charge in [0, 0.05) is 24.3 Å². The Bertz CT molecular complexity index is 339. The Balaban J connectivity index is 2.36. The van der Waals surface area contributed by atoms with E-state index in [1.807, 2.05) is 6.07 Å². The van der Waals surface area contributed by atoms with Gasteiger partial charge in [-0.2, -0.15) is 0 Å². The van der Waals surface area contributed by atoms with Gasteiger partial charge in [0.05, 0.1) is 6.61 Å². The number of benzene rings is 1. The van der Waals surface area contributed by atoms with E-state index in [2.05, 4.69) is 13.8 Å². The Labute approximate surface area is 103 Å². The van der Waals surface area contributed by atoms with Crippen LogP contribution < -0.4 is 5.73 Å². The molecular weight excluding hydrogens is 217 g/mol. The molecule has 0 saturated heterocycles. The molecule has 0 aliphatic rings. The van der Waals surface area contributed by atoms with Crippen LogP contribution >= 0.6 is 0 Å². The molecule has 0 heterocycles. The molecular formula is C14H22FNO. The van der Waals surface area contributed by atoms with E-state index in [0.717, 1.165) is 12.8 Å². The van der Waals surface area contributed by atoms with E-state index in [1.165, 1.54) is 0 Å². The van der Waals surface area contributed by atoms with Gasteiger partial charge in [0.25, 0.3) is 0 Å². The molecule has 0 unspecified atom stereocenters. The van der Waals surface area contributed by atoms with E-state index in [4.69, 9.17) is 10.5 Å². The normalized spacial score (nSPS) is 11.1. The van der Waals surface area contributed by atoms with Gasteiger partial charge in [-0.3, -0.25) is 0 Å². The molecule has 0 aromatic heterocycles. The molecule has 0 amide bonds. The van der Waals surface area contributed by atoms with Crippen LogP contribution in [0, 0.1) is 11.7 Å². The van der Waals surface area contributed by atoms with Gasteiger partial charge in [-0.05, 0) is 18.8 Å². The monoisotopic (exact) mass is 239 g/mol. The van der Waals surface area contributed by atoms with Crippen molar-refractivity contribution < 1.29 is 9.13 Å². The van der Waals surface area contributed by atoms with Crippen LogP contribution in [0.15, 0.2) is 18.2 Å². The Morgan fingerprint density at radius 1 is 1.29 bits per heavy atom. The van der Waals surface area contributed by atoms with Crippen LogP contribution in [0.3, 0.4) is 0 Å². The Kier molecular flexibility index (Phi) is 6.16. The van der Waals surface area contributed by atoms with Gasteiger partial charge < -0.3 is 10.5 Å². The number of rotatable bonds is 7. The second kappa shape index (κ2) is 7.41. The fourth-order valence-electron chi connectivity index (χ4n) is 1.68. The van der Waals surface area contributed by atoms with Gasteiger partial charge in [0.2, 0.25) is 0 Å². The SMILES string of the molecule is CC(C)CCCOCc1cccc(CN)c1F. The fourth-order valence-corrected chi connectivity index (χ4v) is 1.68. The highest BCUT2D eigenvalue weighted by Gasteiger charge is 2.06. The standard InChI is InChI=1S/C14H22FNO/c1-11(2)5-4-8-17-10-13-7-3-6-12(9-16)14(13)15/h3,6-7,11H,4-5,8-10,16H2,1-2H3. The summed E-state index contributed by atoms with van der Waals surface area (Å²) in [6.45, 7) is 5.62. The minimum Gasteiger partial charge on any atom is -0.377 e. The average Bonchev–Trinajstić information content (AvgIpc) is 2.30. The first-order chi connectivity index (χ1) is 8.15. The van der Waals surface area contributed by atoms with Crippen LogP contribution in [0.4, 0.5) is 4.39 Å². The van der Waals surface area contributed by atoms with Crippen molar-refractivity contribution in [2.45, 2.75) is 39.8 Å². The zero-order valence-electron chi connectivity index (χ0n) is 10.7. The van der Waals surface area contributed by atoms with Crippen LogP contribution in [0.5, 0.6) is 0 Å². The Morgan fingerprint density at radius 2 is 2.00 bits per heavy atom. The van der Waals surface area contributed by atoms with Crippen LogP contribution in [0.25, 0.3) is 0 Å². The summed E-state index contributed by atoms with van der Waals surface area (Å²) in [5, 5.41) is 0. The number of halogens is 1. The molecule has 0 aliphatic heterocycles. The maximum Gasteiger partial charge on any atom is 0.133 e. The molecule has 96 valence electrons. The second-order valence-corrected chi connectivity index (χ2v) is 4.68. The quantitative estimate of drug-likeness (QED) is 0.741. The van der Waals surface area contributed by atoms with Gasteiger partial charge in [0.15, 0.2) is 0 Å². The minimum atomic E-state index is -0.223. The summed E-state index contributed by atoms with van der Waals surface area (Å²) in [4.78, 5) is 0. The first kappa shape index (κ1) is 14.1. The summed E-state index contributed by atoms with van der Waals surface area (Å²) in [7, 11) is 0. The van der Waals surface area contributed by atoms with Gasteiger partial charge >= 0.3 is 0 Å². The van der Waals surface area contributed by atoms with E-state index < -0.39 is 0 Å². The molecule has 0 atom stereocenters. The fraction of sp³-hybridized carbons (Fsp3) is 0.571. The summed E-state index contributed by atoms with van der Waals surface area (Å²) in [5.41, 5.74) is 6.59. The molecule has 0 spiro atoms. The summed E-state index contributed by atoms with van der Waals surface area (Å²) >= 11 is 0. The average molecular weight is 239 g/mol. The smallest absolute Gasteiger partial charge is 0.133 e. The predicted octanol–water partition coefficient (Wildman–Crippen LogP) is 3.24. The third-order valence-corrected chi connectivity index (χ3v) is 2.71. The van der Waals surface area contributed by atoms with E-state index in [-0.39, 0.29) is 12.4 Å². The maximum atomic E-state index is 13.8. The Hall–Kier alpha value is -0.930. The van der Waals surface area contributed by atoms with Crippen LogP contribution in [-0.4, -0.2) is 6.61 Å². The maximum absolute atomic E-state index is 13.8. The van der Waals surface area contributed by atoms with Gasteiger partial charge in [0.1, 0.15) is 5.82 Å². The van der Waals surface area contributed by atoms with Crippen LogP contribution in [-0.2, 0) is 17.9 Å². The largest absolute Gasteiger partial charge is 0.377 e. The lowest BCUT2D eigenvalue weighted by atomic mass is 10.1. The van der Waals surface area contributed by atoms with E-state index in [9.17, 15) is 4.39 Å². The molecule has 1 aromatic carbocycles. The lowest BCUT2D eigenvalue weighted by Crippen LogP contribution is -2.04. The Morgan fingerprint density at radius 3 is 2.65 bits per heavy atom. The molecule has 1 rings (SSSR count). The highest BCUT2D eigenvalue weighted by atomic mass is 19.1. The molecule has 3 heteroatoms. The van der Waals surface area contributed by atoms with Crippen LogP contribution in [0.1, 0.15) is 37.8 Å². The number of nitrogens with two attached hydrogens (primary N) is 1. The van der Waals surface area contributed by atoms with Crippen molar-refractivity contribution in [1.82, 2.24) is 0 Å². The molecule has 17 heavy (non-hydrogen) atoms. The van der Waals surface area contributed by atoms with Crippen molar-refractivity contribution in [2.24, 2.45) is 11.7 Å². The number of hydrogen-bond donors (Lipinski definition) is 1. The van der Waals surface area contributed by atoms with Crippen molar-refractivity contribution in [3.05, 3.63) is 35.1 Å². The molecule has 0 aliphatic carbocycles. The van der Waals surface area contributed by atoms with Crippen molar-refractivity contribution in [1.29, 1.82) is 0 Å². The minimum absolute atomic E-state index is 0.223. The molecule has 0 fully saturated rings. The van der Waals surface area contributed by atoms with E-state index >= 15 is 0 Å². The summed E-state index contributed by atoms with van der Waals surface area (Å²) in [5.74, 6) is 0.467. The second-order valence-electron chi connectivity index (χ2n) is 4.68. The number of hydrogen-bond acceptors (Lipinski definition) is 2. The third-order valence-electron chi connectivity index (χ3n) is 2.71. The molecule has 1 aromatic rings. The van der Waals surface area contributed by atoms with Crippen molar-refractivity contribution in [2.75, 3.05) is 6.61 Å². The zero-order valence-corrected chi connectivity index (χ0v) is 10.7. The van der Waals surface area contributed by atoms with E-state index in [1.54, 1.807) is 12.1 Å². The predicted molar refractivity (Wildman–Crippen MR) is 68.0 cm³/mol. The zero-order chi connectivity index (χ0) is 12.7. The van der Waals surface area contributed by atoms with Crippen molar-refractivity contribution >= 4 is 0 Å². The molecule has 0 saturated carbocycles. The summed E-state index contributed by atoms with van der Waals surface area (Å²) in [6, 6.07) is 5.27. The first-order valence-electron chi connectivity index (χ1n) is 6.19. The highest BCUT2D eigenvalue weighted by molar-refractivity contribution is 5.25.